The number of hydrogen-bond donors (Lipinski definition) is 1. The first-order chi connectivity index (χ1) is 9.19. The monoisotopic (exact) mass is 259 g/mol. The maximum absolute atomic E-state index is 10.6. The Kier molecular flexibility index (Phi) is 3.92. The smallest absolute Gasteiger partial charge is 0.273 e. The molecule has 98 valence electrons. The number of anilines is 1. The number of pyridine rings is 1. The maximum atomic E-state index is 10.6. The highest BCUT2D eigenvalue weighted by molar-refractivity contribution is 5.39. The second-order valence-electron chi connectivity index (χ2n) is 3.84. The van der Waals surface area contributed by atoms with E-state index in [2.05, 4.69) is 10.3 Å². The first-order valence-electron chi connectivity index (χ1n) is 5.69. The summed E-state index contributed by atoms with van der Waals surface area (Å²) >= 11 is 0. The standard InChI is InChI=1S/C13H13N3O3/c1-14-13-7-10(5-6-15-13)9-19-12-4-2-3-11(8-12)16(17)18/h2-8H,9H2,1H3,(H,14,15). The van der Waals surface area contributed by atoms with Gasteiger partial charge in [0.25, 0.3) is 5.69 Å². The van der Waals surface area contributed by atoms with Crippen LogP contribution in [0.3, 0.4) is 0 Å². The van der Waals surface area contributed by atoms with Gasteiger partial charge in [0.15, 0.2) is 0 Å². The molecule has 0 unspecified atom stereocenters. The van der Waals surface area contributed by atoms with Gasteiger partial charge >= 0.3 is 0 Å². The summed E-state index contributed by atoms with van der Waals surface area (Å²) in [5, 5.41) is 13.6. The van der Waals surface area contributed by atoms with Gasteiger partial charge in [-0.15, -0.1) is 0 Å². The number of benzene rings is 1. The van der Waals surface area contributed by atoms with Gasteiger partial charge in [-0.25, -0.2) is 4.98 Å². The van der Waals surface area contributed by atoms with Crippen LogP contribution >= 0.6 is 0 Å². The van der Waals surface area contributed by atoms with Crippen LogP contribution < -0.4 is 10.1 Å². The van der Waals surface area contributed by atoms with Crippen molar-refractivity contribution in [2.75, 3.05) is 12.4 Å². The molecule has 0 spiro atoms. The van der Waals surface area contributed by atoms with Crippen LogP contribution in [0.25, 0.3) is 0 Å². The van der Waals surface area contributed by atoms with Crippen LogP contribution in [0.4, 0.5) is 11.5 Å². The van der Waals surface area contributed by atoms with Crippen LogP contribution in [-0.4, -0.2) is 17.0 Å². The van der Waals surface area contributed by atoms with Crippen LogP contribution in [0.5, 0.6) is 5.75 Å². The molecule has 0 radical (unpaired) electrons. The molecule has 1 N–H and O–H groups in total. The summed E-state index contributed by atoms with van der Waals surface area (Å²) in [7, 11) is 1.79. The topological polar surface area (TPSA) is 77.3 Å². The Morgan fingerprint density at radius 3 is 2.95 bits per heavy atom. The highest BCUT2D eigenvalue weighted by Crippen LogP contribution is 2.20. The van der Waals surface area contributed by atoms with E-state index in [4.69, 9.17) is 4.74 Å². The Hall–Kier alpha value is -2.63. The number of nitrogens with one attached hydrogen (secondary N) is 1. The van der Waals surface area contributed by atoms with Crippen LogP contribution in [0, 0.1) is 10.1 Å². The molecule has 1 heterocycles. The first kappa shape index (κ1) is 12.8. The lowest BCUT2D eigenvalue weighted by molar-refractivity contribution is -0.384. The fraction of sp³-hybridized carbons (Fsp3) is 0.154. The summed E-state index contributed by atoms with van der Waals surface area (Å²) < 4.78 is 5.52. The number of ether oxygens (including phenoxy) is 1. The molecular formula is C13H13N3O3. The summed E-state index contributed by atoms with van der Waals surface area (Å²) in [5.41, 5.74) is 0.953. The third-order valence-corrected chi connectivity index (χ3v) is 2.51. The molecule has 0 saturated heterocycles. The lowest BCUT2D eigenvalue weighted by atomic mass is 10.2. The molecule has 19 heavy (non-hydrogen) atoms. The molecule has 6 heteroatoms. The zero-order chi connectivity index (χ0) is 13.7. The molecule has 0 bridgehead atoms. The summed E-state index contributed by atoms with van der Waals surface area (Å²) in [4.78, 5) is 14.3. The number of hydrogen-bond acceptors (Lipinski definition) is 5. The van der Waals surface area contributed by atoms with Crippen molar-refractivity contribution in [2.45, 2.75) is 6.61 Å². The van der Waals surface area contributed by atoms with Gasteiger partial charge in [0.05, 0.1) is 11.0 Å². The van der Waals surface area contributed by atoms with E-state index in [9.17, 15) is 10.1 Å². The number of nitro groups is 1. The minimum atomic E-state index is -0.446. The highest BCUT2D eigenvalue weighted by atomic mass is 16.6. The largest absolute Gasteiger partial charge is 0.489 e. The molecule has 1 aromatic heterocycles. The van der Waals surface area contributed by atoms with Crippen molar-refractivity contribution in [3.8, 4) is 5.75 Å². The van der Waals surface area contributed by atoms with Crippen LogP contribution in [0.2, 0.25) is 0 Å². The van der Waals surface area contributed by atoms with E-state index in [1.165, 1.54) is 12.1 Å². The quantitative estimate of drug-likeness (QED) is 0.659. The third kappa shape index (κ3) is 3.41. The third-order valence-electron chi connectivity index (χ3n) is 2.51. The lowest BCUT2D eigenvalue weighted by Crippen LogP contribution is -1.99. The molecular weight excluding hydrogens is 246 g/mol. The Bertz CT molecular complexity index is 587. The number of nitro benzene ring substituents is 1. The molecule has 0 aliphatic rings. The average molecular weight is 259 g/mol. The summed E-state index contributed by atoms with van der Waals surface area (Å²) in [6.45, 7) is 0.332. The van der Waals surface area contributed by atoms with Crippen molar-refractivity contribution in [3.05, 3.63) is 58.3 Å². The van der Waals surface area contributed by atoms with Gasteiger partial charge in [-0.3, -0.25) is 10.1 Å². The van der Waals surface area contributed by atoms with Crippen LogP contribution in [0.15, 0.2) is 42.6 Å². The van der Waals surface area contributed by atoms with E-state index in [-0.39, 0.29) is 5.69 Å². The second-order valence-corrected chi connectivity index (χ2v) is 3.84. The predicted molar refractivity (Wildman–Crippen MR) is 71.2 cm³/mol. The van der Waals surface area contributed by atoms with E-state index in [1.54, 1.807) is 25.4 Å². The Labute approximate surface area is 110 Å². The van der Waals surface area contributed by atoms with Gasteiger partial charge in [0.1, 0.15) is 18.2 Å². The van der Waals surface area contributed by atoms with Gasteiger partial charge in [0.2, 0.25) is 0 Å². The zero-order valence-electron chi connectivity index (χ0n) is 10.4. The SMILES string of the molecule is CNc1cc(COc2cccc([N+](=O)[O-])c2)ccn1. The second kappa shape index (κ2) is 5.81. The zero-order valence-corrected chi connectivity index (χ0v) is 10.4. The van der Waals surface area contributed by atoms with Crippen LogP contribution in [0.1, 0.15) is 5.56 Å². The van der Waals surface area contributed by atoms with E-state index in [0.29, 0.717) is 12.4 Å². The number of nitrogens with zero attached hydrogens (tertiary/aromatic N) is 2. The van der Waals surface area contributed by atoms with Gasteiger partial charge < -0.3 is 10.1 Å². The highest BCUT2D eigenvalue weighted by Gasteiger charge is 2.06. The van der Waals surface area contributed by atoms with Crippen molar-refractivity contribution in [1.82, 2.24) is 4.98 Å². The predicted octanol–water partition coefficient (Wildman–Crippen LogP) is 2.61. The maximum Gasteiger partial charge on any atom is 0.273 e. The molecule has 2 aromatic rings. The molecule has 6 nitrogen and oxygen atoms in total. The minimum Gasteiger partial charge on any atom is -0.489 e. The van der Waals surface area contributed by atoms with E-state index >= 15 is 0 Å². The van der Waals surface area contributed by atoms with Crippen molar-refractivity contribution in [3.63, 3.8) is 0 Å². The normalized spacial score (nSPS) is 9.95. The van der Waals surface area contributed by atoms with Crippen molar-refractivity contribution in [1.29, 1.82) is 0 Å². The molecule has 0 fully saturated rings. The average Bonchev–Trinajstić information content (AvgIpc) is 2.45. The van der Waals surface area contributed by atoms with Gasteiger partial charge in [-0.2, -0.15) is 0 Å². The molecule has 1 aromatic carbocycles. The van der Waals surface area contributed by atoms with Gasteiger partial charge in [0, 0.05) is 19.3 Å². The molecule has 0 aliphatic carbocycles. The Morgan fingerprint density at radius 1 is 1.37 bits per heavy atom. The van der Waals surface area contributed by atoms with Crippen molar-refractivity contribution in [2.24, 2.45) is 0 Å². The number of aromatic nitrogens is 1. The Balaban J connectivity index is 2.05. The molecule has 2 rings (SSSR count). The fourth-order valence-electron chi connectivity index (χ4n) is 1.55. The number of non-ortho nitro benzene ring substituents is 1. The molecule has 0 aliphatic heterocycles. The van der Waals surface area contributed by atoms with E-state index in [1.807, 2.05) is 12.1 Å². The van der Waals surface area contributed by atoms with Crippen molar-refractivity contribution >= 4 is 11.5 Å². The van der Waals surface area contributed by atoms with Gasteiger partial charge in [-0.1, -0.05) is 6.07 Å². The summed E-state index contributed by atoms with van der Waals surface area (Å²) in [6, 6.07) is 9.81. The van der Waals surface area contributed by atoms with E-state index in [0.717, 1.165) is 11.4 Å². The van der Waals surface area contributed by atoms with E-state index < -0.39 is 4.92 Å². The summed E-state index contributed by atoms with van der Waals surface area (Å²) in [5.74, 6) is 1.22. The fourth-order valence-corrected chi connectivity index (χ4v) is 1.55. The van der Waals surface area contributed by atoms with Crippen LogP contribution in [-0.2, 0) is 6.61 Å². The first-order valence-corrected chi connectivity index (χ1v) is 5.69. The van der Waals surface area contributed by atoms with Gasteiger partial charge in [-0.05, 0) is 23.8 Å². The van der Waals surface area contributed by atoms with Crippen molar-refractivity contribution < 1.29 is 9.66 Å². The lowest BCUT2D eigenvalue weighted by Gasteiger charge is -2.07. The molecule has 0 atom stereocenters. The minimum absolute atomic E-state index is 0.0168. The molecule has 0 amide bonds. The summed E-state index contributed by atoms with van der Waals surface area (Å²) in [6.07, 6.45) is 1.68. The Morgan fingerprint density at radius 2 is 2.21 bits per heavy atom. The molecule has 0 saturated carbocycles. The number of rotatable bonds is 5.